The van der Waals surface area contributed by atoms with Crippen LogP contribution in [0, 0.1) is 13.8 Å². The van der Waals surface area contributed by atoms with Crippen LogP contribution < -0.4 is 4.31 Å². The first-order valence-electron chi connectivity index (χ1n) is 12.9. The maximum Gasteiger partial charge on any atom is 0.337 e. The molecule has 0 N–H and O–H groups in total. The molecule has 210 valence electrons. The summed E-state index contributed by atoms with van der Waals surface area (Å²) in [4.78, 5) is 27.9. The number of rotatable bonds is 10. The monoisotopic (exact) mass is 585 g/mol. The Balaban J connectivity index is 1.97. The lowest BCUT2D eigenvalue weighted by atomic mass is 9.92. The molecule has 1 unspecified atom stereocenters. The number of benzene rings is 4. The van der Waals surface area contributed by atoms with Crippen molar-refractivity contribution in [1.82, 2.24) is 0 Å². The Bertz CT molecular complexity index is 1630. The van der Waals surface area contributed by atoms with Gasteiger partial charge < -0.3 is 4.74 Å². The predicted octanol–water partition coefficient (Wildman–Crippen LogP) is 7.08. The van der Waals surface area contributed by atoms with Crippen molar-refractivity contribution in [3.8, 4) is 0 Å². The van der Waals surface area contributed by atoms with E-state index in [1.807, 2.05) is 38.1 Å². The zero-order valence-electron chi connectivity index (χ0n) is 23.1. The number of carbonyl (C=O) groups is 2. The van der Waals surface area contributed by atoms with Crippen molar-refractivity contribution < 1.29 is 22.7 Å². The molecule has 0 aliphatic rings. The van der Waals surface area contributed by atoms with Crippen LogP contribution in [0.4, 0.5) is 5.69 Å². The Kier molecular flexibility index (Phi) is 9.15. The highest BCUT2D eigenvalue weighted by Gasteiger charge is 2.47. The van der Waals surface area contributed by atoms with E-state index in [2.05, 4.69) is 6.58 Å². The van der Waals surface area contributed by atoms with Gasteiger partial charge in [-0.3, -0.25) is 4.79 Å². The summed E-state index contributed by atoms with van der Waals surface area (Å²) < 4.78 is 32.8. The SMILES string of the molecule is C=CCC(Sc1ccc(C)cc1)(C(=O)N(c1ccccc1)S(=O)(=O)c1ccc(C)cc1)c1ccc(C(=O)OC)cc1. The number of esters is 1. The molecule has 0 aromatic heterocycles. The van der Waals surface area contributed by atoms with E-state index in [1.165, 1.54) is 31.0 Å². The predicted molar refractivity (Wildman–Crippen MR) is 164 cm³/mol. The number of hydrogen-bond acceptors (Lipinski definition) is 6. The summed E-state index contributed by atoms with van der Waals surface area (Å²) in [6.45, 7) is 7.75. The number of ether oxygens (including phenoxy) is 1. The first-order valence-corrected chi connectivity index (χ1v) is 15.1. The highest BCUT2D eigenvalue weighted by Crippen LogP contribution is 2.48. The smallest absolute Gasteiger partial charge is 0.337 e. The van der Waals surface area contributed by atoms with E-state index in [9.17, 15) is 18.0 Å². The Hall–Kier alpha value is -4.14. The van der Waals surface area contributed by atoms with E-state index >= 15 is 0 Å². The van der Waals surface area contributed by atoms with Gasteiger partial charge in [-0.25, -0.2) is 17.5 Å². The highest BCUT2D eigenvalue weighted by molar-refractivity contribution is 8.01. The van der Waals surface area contributed by atoms with Crippen LogP contribution in [-0.2, 0) is 24.3 Å². The van der Waals surface area contributed by atoms with E-state index in [4.69, 9.17) is 4.74 Å². The number of allylic oxidation sites excluding steroid dienone is 1. The summed E-state index contributed by atoms with van der Waals surface area (Å²) >= 11 is 1.24. The van der Waals surface area contributed by atoms with Gasteiger partial charge in [-0.05, 0) is 74.4 Å². The Morgan fingerprint density at radius 2 is 1.41 bits per heavy atom. The third kappa shape index (κ3) is 6.29. The molecule has 8 heteroatoms. The topological polar surface area (TPSA) is 80.8 Å². The highest BCUT2D eigenvalue weighted by atomic mass is 32.2. The molecule has 0 bridgehead atoms. The van der Waals surface area contributed by atoms with Crippen molar-refractivity contribution in [2.24, 2.45) is 0 Å². The molecule has 0 saturated carbocycles. The third-order valence-corrected chi connectivity index (χ3v) is 9.76. The van der Waals surface area contributed by atoms with E-state index in [1.54, 1.807) is 72.8 Å². The van der Waals surface area contributed by atoms with Gasteiger partial charge >= 0.3 is 5.97 Å². The summed E-state index contributed by atoms with van der Waals surface area (Å²) in [5.41, 5.74) is 2.97. The molecule has 0 saturated heterocycles. The third-order valence-electron chi connectivity index (χ3n) is 6.60. The second kappa shape index (κ2) is 12.6. The minimum absolute atomic E-state index is 0.00539. The van der Waals surface area contributed by atoms with Crippen LogP contribution in [-0.4, -0.2) is 27.4 Å². The average Bonchev–Trinajstić information content (AvgIpc) is 2.98. The van der Waals surface area contributed by atoms with Crippen molar-refractivity contribution in [3.63, 3.8) is 0 Å². The molecule has 0 fully saturated rings. The molecule has 1 amide bonds. The molecule has 1 atom stereocenters. The summed E-state index contributed by atoms with van der Waals surface area (Å²) in [5, 5.41) is 0. The van der Waals surface area contributed by atoms with Crippen molar-refractivity contribution in [2.75, 3.05) is 11.4 Å². The zero-order chi connectivity index (χ0) is 29.6. The number of sulfonamides is 1. The average molecular weight is 586 g/mol. The minimum atomic E-state index is -4.34. The standard InChI is InChI=1S/C33H31NO5S2/c1-5-23-33(40-29-19-11-24(2)12-20-29,27-17-15-26(16-18-27)31(35)39-4)32(36)34(28-9-7-6-8-10-28)41(37,38)30-21-13-25(3)14-22-30/h5-22H,1,23H2,2-4H3. The molecule has 0 aliphatic carbocycles. The summed E-state index contributed by atoms with van der Waals surface area (Å²) in [6, 6.07) is 28.9. The molecule has 6 nitrogen and oxygen atoms in total. The molecular formula is C33H31NO5S2. The zero-order valence-corrected chi connectivity index (χ0v) is 24.7. The van der Waals surface area contributed by atoms with Crippen LogP contribution in [0.5, 0.6) is 0 Å². The van der Waals surface area contributed by atoms with E-state index in [-0.39, 0.29) is 17.0 Å². The first-order chi connectivity index (χ1) is 19.6. The van der Waals surface area contributed by atoms with Gasteiger partial charge in [-0.15, -0.1) is 18.3 Å². The largest absolute Gasteiger partial charge is 0.465 e. The van der Waals surface area contributed by atoms with Crippen LogP contribution in [0.15, 0.2) is 126 Å². The molecule has 0 spiro atoms. The van der Waals surface area contributed by atoms with E-state index in [0.29, 0.717) is 11.1 Å². The van der Waals surface area contributed by atoms with Crippen LogP contribution in [0.25, 0.3) is 0 Å². The van der Waals surface area contributed by atoms with Crippen LogP contribution >= 0.6 is 11.8 Å². The van der Waals surface area contributed by atoms with Crippen molar-refractivity contribution in [3.05, 3.63) is 138 Å². The molecule has 0 heterocycles. The van der Waals surface area contributed by atoms with Gasteiger partial charge in [0.05, 0.1) is 23.3 Å². The molecule has 4 aromatic carbocycles. The van der Waals surface area contributed by atoms with Gasteiger partial charge in [-0.1, -0.05) is 71.8 Å². The fraction of sp³-hybridized carbons (Fsp3) is 0.152. The van der Waals surface area contributed by atoms with Crippen LogP contribution in [0.3, 0.4) is 0 Å². The van der Waals surface area contributed by atoms with E-state index < -0.39 is 26.6 Å². The Morgan fingerprint density at radius 3 is 1.95 bits per heavy atom. The summed E-state index contributed by atoms with van der Waals surface area (Å²) in [5.74, 6) is -1.18. The number of carbonyl (C=O) groups excluding carboxylic acids is 2. The van der Waals surface area contributed by atoms with Gasteiger partial charge in [0.25, 0.3) is 15.9 Å². The van der Waals surface area contributed by atoms with Crippen molar-refractivity contribution >= 4 is 39.3 Å². The fourth-order valence-electron chi connectivity index (χ4n) is 4.39. The number of nitrogens with zero attached hydrogens (tertiary/aromatic N) is 1. The van der Waals surface area contributed by atoms with Crippen LogP contribution in [0.1, 0.15) is 33.5 Å². The van der Waals surface area contributed by atoms with E-state index in [0.717, 1.165) is 20.3 Å². The molecule has 0 radical (unpaired) electrons. The quantitative estimate of drug-likeness (QED) is 0.112. The maximum atomic E-state index is 15.0. The Labute approximate surface area is 245 Å². The summed E-state index contributed by atoms with van der Waals surface area (Å²) in [6.07, 6.45) is 1.71. The maximum absolute atomic E-state index is 15.0. The van der Waals surface area contributed by atoms with Gasteiger partial charge in [0, 0.05) is 4.90 Å². The van der Waals surface area contributed by atoms with Crippen molar-refractivity contribution in [1.29, 1.82) is 0 Å². The number of methoxy groups -OCH3 is 1. The number of para-hydroxylation sites is 1. The normalized spacial score (nSPS) is 12.7. The van der Waals surface area contributed by atoms with Crippen molar-refractivity contribution in [2.45, 2.75) is 34.8 Å². The number of thioether (sulfide) groups is 1. The second-order valence-corrected chi connectivity index (χ2v) is 12.7. The Morgan fingerprint density at radius 1 is 0.854 bits per heavy atom. The van der Waals surface area contributed by atoms with Gasteiger partial charge in [-0.2, -0.15) is 0 Å². The number of anilines is 1. The lowest BCUT2D eigenvalue weighted by Gasteiger charge is -2.36. The summed E-state index contributed by atoms with van der Waals surface area (Å²) in [7, 11) is -3.05. The van der Waals surface area contributed by atoms with Gasteiger partial charge in [0.1, 0.15) is 4.75 Å². The number of hydrogen-bond donors (Lipinski definition) is 0. The molecule has 41 heavy (non-hydrogen) atoms. The van der Waals surface area contributed by atoms with Gasteiger partial charge in [0.2, 0.25) is 0 Å². The molecule has 0 aliphatic heterocycles. The lowest BCUT2D eigenvalue weighted by Crippen LogP contribution is -2.48. The molecule has 4 aromatic rings. The molecular weight excluding hydrogens is 554 g/mol. The second-order valence-electron chi connectivity index (χ2n) is 9.53. The van der Waals surface area contributed by atoms with Crippen LogP contribution in [0.2, 0.25) is 0 Å². The number of amides is 1. The molecule has 4 rings (SSSR count). The van der Waals surface area contributed by atoms with Gasteiger partial charge in [0.15, 0.2) is 0 Å². The first kappa shape index (κ1) is 29.8. The number of aryl methyl sites for hydroxylation is 2. The minimum Gasteiger partial charge on any atom is -0.465 e. The fourth-order valence-corrected chi connectivity index (χ4v) is 7.22. The lowest BCUT2D eigenvalue weighted by molar-refractivity contribution is -0.119.